The summed E-state index contributed by atoms with van der Waals surface area (Å²) in [6.45, 7) is -0.297. The molecule has 0 bridgehead atoms. The number of amides is 1. The molecule has 1 amide bonds. The van der Waals surface area contributed by atoms with Crippen molar-refractivity contribution in [2.24, 2.45) is 0 Å². The summed E-state index contributed by atoms with van der Waals surface area (Å²) in [7, 11) is 0. The summed E-state index contributed by atoms with van der Waals surface area (Å²) in [5.41, 5.74) is 1.67. The normalized spacial score (nSPS) is 12.1. The summed E-state index contributed by atoms with van der Waals surface area (Å²) in [6.07, 6.45) is -0.0226. The molecule has 0 aromatic carbocycles. The van der Waals surface area contributed by atoms with Gasteiger partial charge in [-0.15, -0.1) is 11.3 Å². The summed E-state index contributed by atoms with van der Waals surface area (Å²) in [5, 5.41) is 21.1. The van der Waals surface area contributed by atoms with Crippen molar-refractivity contribution in [2.45, 2.75) is 12.5 Å². The molecular formula is C8H10N2O4S. The largest absolute Gasteiger partial charge is 0.480 e. The molecule has 0 radical (unpaired) electrons. The maximum atomic E-state index is 11.4. The number of hydrogen-bond donors (Lipinski definition) is 3. The lowest BCUT2D eigenvalue weighted by Gasteiger charge is -2.11. The Balaban J connectivity index is 2.59. The molecule has 0 saturated carbocycles. The highest BCUT2D eigenvalue weighted by Crippen LogP contribution is 2.02. The van der Waals surface area contributed by atoms with Crippen LogP contribution in [0, 0.1) is 0 Å². The van der Waals surface area contributed by atoms with Crippen LogP contribution in [0.3, 0.4) is 0 Å². The molecule has 0 saturated heterocycles. The predicted octanol–water partition coefficient (Wildman–Crippen LogP) is -0.292. The number of rotatable bonds is 5. The standard InChI is InChI=1S/C8H10N2O4S/c11-2-1-5(8(13)14)10-7(12)6-3-15-4-9-6/h3-5,11H,1-2H2,(H,10,12)(H,13,14)/t5-/m1/s1. The molecule has 1 rings (SSSR count). The van der Waals surface area contributed by atoms with Crippen LogP contribution in [0.25, 0.3) is 0 Å². The van der Waals surface area contributed by atoms with E-state index < -0.39 is 17.9 Å². The molecule has 6 nitrogen and oxygen atoms in total. The van der Waals surface area contributed by atoms with Crippen molar-refractivity contribution in [1.82, 2.24) is 10.3 Å². The van der Waals surface area contributed by atoms with Crippen LogP contribution >= 0.6 is 11.3 Å². The summed E-state index contributed by atoms with van der Waals surface area (Å²) >= 11 is 1.25. The lowest BCUT2D eigenvalue weighted by Crippen LogP contribution is -2.41. The van der Waals surface area contributed by atoms with Crippen LogP contribution in [-0.2, 0) is 4.79 Å². The zero-order valence-electron chi connectivity index (χ0n) is 7.71. The number of carboxylic acids is 1. The van der Waals surface area contributed by atoms with E-state index in [0.717, 1.165) is 0 Å². The van der Waals surface area contributed by atoms with Crippen molar-refractivity contribution in [1.29, 1.82) is 0 Å². The van der Waals surface area contributed by atoms with Gasteiger partial charge in [0.15, 0.2) is 0 Å². The summed E-state index contributed by atoms with van der Waals surface area (Å²) in [5.74, 6) is -1.72. The Hall–Kier alpha value is -1.47. The first kappa shape index (κ1) is 11.6. The smallest absolute Gasteiger partial charge is 0.326 e. The first-order valence-corrected chi connectivity index (χ1v) is 5.12. The Bertz CT molecular complexity index is 338. The molecule has 3 N–H and O–H groups in total. The number of nitrogens with zero attached hydrogens (tertiary/aromatic N) is 1. The fourth-order valence-corrected chi connectivity index (χ4v) is 1.48. The molecule has 7 heteroatoms. The fraction of sp³-hybridized carbons (Fsp3) is 0.375. The van der Waals surface area contributed by atoms with Crippen molar-refractivity contribution in [2.75, 3.05) is 6.61 Å². The van der Waals surface area contributed by atoms with Crippen LogP contribution < -0.4 is 5.32 Å². The van der Waals surface area contributed by atoms with Gasteiger partial charge in [-0.25, -0.2) is 9.78 Å². The predicted molar refractivity (Wildman–Crippen MR) is 52.7 cm³/mol. The van der Waals surface area contributed by atoms with Crippen LogP contribution in [0.2, 0.25) is 0 Å². The van der Waals surface area contributed by atoms with Gasteiger partial charge in [0, 0.05) is 18.4 Å². The van der Waals surface area contributed by atoms with E-state index in [0.29, 0.717) is 0 Å². The Morgan fingerprint density at radius 2 is 2.33 bits per heavy atom. The number of aliphatic hydroxyl groups excluding tert-OH is 1. The van der Waals surface area contributed by atoms with E-state index in [4.69, 9.17) is 10.2 Å². The van der Waals surface area contributed by atoms with E-state index in [1.54, 1.807) is 0 Å². The Kier molecular flexibility index (Phi) is 4.19. The molecule has 0 fully saturated rings. The minimum absolute atomic E-state index is 0.0226. The van der Waals surface area contributed by atoms with Crippen LogP contribution in [0.15, 0.2) is 10.9 Å². The van der Waals surface area contributed by atoms with E-state index in [1.807, 2.05) is 0 Å². The quantitative estimate of drug-likeness (QED) is 0.645. The van der Waals surface area contributed by atoms with Gasteiger partial charge in [0.05, 0.1) is 5.51 Å². The van der Waals surface area contributed by atoms with Crippen molar-refractivity contribution < 1.29 is 19.8 Å². The Morgan fingerprint density at radius 1 is 1.60 bits per heavy atom. The van der Waals surface area contributed by atoms with Gasteiger partial charge in [0.2, 0.25) is 0 Å². The molecule has 0 spiro atoms. The maximum Gasteiger partial charge on any atom is 0.326 e. The van der Waals surface area contributed by atoms with Gasteiger partial charge in [0.1, 0.15) is 11.7 Å². The van der Waals surface area contributed by atoms with Crippen LogP contribution in [-0.4, -0.2) is 39.7 Å². The monoisotopic (exact) mass is 230 g/mol. The average molecular weight is 230 g/mol. The van der Waals surface area contributed by atoms with Crippen molar-refractivity contribution in [3.63, 3.8) is 0 Å². The Morgan fingerprint density at radius 3 is 2.80 bits per heavy atom. The molecule has 1 heterocycles. The first-order valence-electron chi connectivity index (χ1n) is 4.18. The number of aliphatic carboxylic acids is 1. The van der Waals surface area contributed by atoms with E-state index in [9.17, 15) is 9.59 Å². The second kappa shape index (κ2) is 5.42. The van der Waals surface area contributed by atoms with Crippen LogP contribution in [0.4, 0.5) is 0 Å². The van der Waals surface area contributed by atoms with Crippen molar-refractivity contribution in [3.8, 4) is 0 Å². The second-order valence-electron chi connectivity index (χ2n) is 2.75. The SMILES string of the molecule is O=C(N[C@H](CCO)C(=O)O)c1cscn1. The number of aliphatic hydroxyl groups is 1. The summed E-state index contributed by atoms with van der Waals surface area (Å²) in [6, 6.07) is -1.08. The van der Waals surface area contributed by atoms with E-state index in [1.165, 1.54) is 22.2 Å². The number of thiazole rings is 1. The van der Waals surface area contributed by atoms with Crippen LogP contribution in [0.1, 0.15) is 16.9 Å². The number of nitrogens with one attached hydrogen (secondary N) is 1. The third-order valence-corrected chi connectivity index (χ3v) is 2.27. The minimum atomic E-state index is -1.17. The average Bonchev–Trinajstić information content (AvgIpc) is 2.69. The summed E-state index contributed by atoms with van der Waals surface area (Å²) in [4.78, 5) is 25.8. The molecule has 1 atom stereocenters. The molecule has 15 heavy (non-hydrogen) atoms. The Labute approximate surface area is 89.6 Å². The zero-order valence-corrected chi connectivity index (χ0v) is 8.53. The van der Waals surface area contributed by atoms with Gasteiger partial charge in [-0.1, -0.05) is 0 Å². The van der Waals surface area contributed by atoms with Crippen LogP contribution in [0.5, 0.6) is 0 Å². The van der Waals surface area contributed by atoms with E-state index >= 15 is 0 Å². The molecule has 1 aromatic rings. The van der Waals surface area contributed by atoms with Gasteiger partial charge in [-0.3, -0.25) is 4.79 Å². The lowest BCUT2D eigenvalue weighted by atomic mass is 10.2. The van der Waals surface area contributed by atoms with Gasteiger partial charge in [-0.2, -0.15) is 0 Å². The molecule has 0 aliphatic rings. The highest BCUT2D eigenvalue weighted by Gasteiger charge is 2.20. The minimum Gasteiger partial charge on any atom is -0.480 e. The number of aromatic nitrogens is 1. The third kappa shape index (κ3) is 3.30. The molecular weight excluding hydrogens is 220 g/mol. The molecule has 1 aromatic heterocycles. The van der Waals surface area contributed by atoms with Crippen molar-refractivity contribution in [3.05, 3.63) is 16.6 Å². The van der Waals surface area contributed by atoms with Gasteiger partial charge in [-0.05, 0) is 0 Å². The molecule has 0 aliphatic heterocycles. The highest BCUT2D eigenvalue weighted by molar-refractivity contribution is 7.07. The van der Waals surface area contributed by atoms with Crippen molar-refractivity contribution >= 4 is 23.2 Å². The number of hydrogen-bond acceptors (Lipinski definition) is 5. The fourth-order valence-electron chi connectivity index (χ4n) is 0.943. The van der Waals surface area contributed by atoms with Gasteiger partial charge in [0.25, 0.3) is 5.91 Å². The highest BCUT2D eigenvalue weighted by atomic mass is 32.1. The zero-order chi connectivity index (χ0) is 11.3. The molecule has 0 unspecified atom stereocenters. The van der Waals surface area contributed by atoms with Gasteiger partial charge < -0.3 is 15.5 Å². The number of carbonyl (C=O) groups is 2. The first-order chi connectivity index (χ1) is 7.15. The summed E-state index contributed by atoms with van der Waals surface area (Å²) < 4.78 is 0. The topological polar surface area (TPSA) is 99.5 Å². The lowest BCUT2D eigenvalue weighted by molar-refractivity contribution is -0.139. The molecule has 0 aliphatic carbocycles. The third-order valence-electron chi connectivity index (χ3n) is 1.69. The van der Waals surface area contributed by atoms with E-state index in [-0.39, 0.29) is 18.7 Å². The van der Waals surface area contributed by atoms with E-state index in [2.05, 4.69) is 10.3 Å². The molecule has 82 valence electrons. The maximum absolute atomic E-state index is 11.4. The second-order valence-corrected chi connectivity index (χ2v) is 3.47. The number of carboxylic acid groups (broad SMARTS) is 1. The number of carbonyl (C=O) groups excluding carboxylic acids is 1. The van der Waals surface area contributed by atoms with Gasteiger partial charge >= 0.3 is 5.97 Å².